The summed E-state index contributed by atoms with van der Waals surface area (Å²) in [4.78, 5) is 19.1. The van der Waals surface area contributed by atoms with E-state index in [1.807, 2.05) is 26.2 Å². The number of amides is 1. The maximum absolute atomic E-state index is 12.7. The van der Waals surface area contributed by atoms with Gasteiger partial charge >= 0.3 is 6.18 Å². The van der Waals surface area contributed by atoms with E-state index in [9.17, 15) is 18.0 Å². The van der Waals surface area contributed by atoms with Gasteiger partial charge in [-0.25, -0.2) is 4.98 Å². The number of aromatic nitrogens is 1. The summed E-state index contributed by atoms with van der Waals surface area (Å²) in [6, 6.07) is 4.94. The van der Waals surface area contributed by atoms with Crippen LogP contribution in [0, 0.1) is 0 Å². The number of hydrogen-bond acceptors (Lipinski definition) is 5. The van der Waals surface area contributed by atoms with Crippen molar-refractivity contribution in [2.24, 2.45) is 0 Å². The number of nitrogens with zero attached hydrogens (tertiary/aromatic N) is 2. The summed E-state index contributed by atoms with van der Waals surface area (Å²) in [5.74, 6) is -0.417. The summed E-state index contributed by atoms with van der Waals surface area (Å²) in [6.07, 6.45) is -3.84. The van der Waals surface area contributed by atoms with Gasteiger partial charge in [0.2, 0.25) is 5.91 Å². The van der Waals surface area contributed by atoms with Crippen LogP contribution in [0.2, 0.25) is 0 Å². The van der Waals surface area contributed by atoms with Crippen molar-refractivity contribution in [2.75, 3.05) is 18.4 Å². The Hall–Kier alpha value is -1.97. The van der Waals surface area contributed by atoms with Gasteiger partial charge in [-0.2, -0.15) is 13.2 Å². The van der Waals surface area contributed by atoms with E-state index in [4.69, 9.17) is 4.74 Å². The van der Waals surface area contributed by atoms with Gasteiger partial charge in [-0.1, -0.05) is 19.1 Å². The number of alkyl halides is 3. The van der Waals surface area contributed by atoms with Crippen molar-refractivity contribution in [2.45, 2.75) is 58.0 Å². The lowest BCUT2D eigenvalue weighted by molar-refractivity contribution is -0.137. The molecule has 3 unspecified atom stereocenters. The predicted octanol–water partition coefficient (Wildman–Crippen LogP) is 4.90. The molecule has 1 aliphatic rings. The third-order valence-electron chi connectivity index (χ3n) is 4.98. The van der Waals surface area contributed by atoms with E-state index in [0.717, 1.165) is 30.9 Å². The molecular weight excluding hydrogens is 415 g/mol. The van der Waals surface area contributed by atoms with Gasteiger partial charge in [0.05, 0.1) is 23.5 Å². The van der Waals surface area contributed by atoms with Crippen LogP contribution >= 0.6 is 11.3 Å². The zero-order valence-electron chi connectivity index (χ0n) is 17.2. The predicted molar refractivity (Wildman–Crippen MR) is 111 cm³/mol. The number of thiazole rings is 1. The summed E-state index contributed by atoms with van der Waals surface area (Å²) < 4.78 is 43.8. The second-order valence-corrected chi connectivity index (χ2v) is 8.73. The highest BCUT2D eigenvalue weighted by atomic mass is 32.1. The highest BCUT2D eigenvalue weighted by Gasteiger charge is 2.30. The third-order valence-corrected chi connectivity index (χ3v) is 5.78. The lowest BCUT2D eigenvalue weighted by Crippen LogP contribution is -2.44. The molecule has 9 heteroatoms. The smallest absolute Gasteiger partial charge is 0.373 e. The van der Waals surface area contributed by atoms with E-state index in [2.05, 4.69) is 15.2 Å². The van der Waals surface area contributed by atoms with Crippen LogP contribution in [0.1, 0.15) is 49.9 Å². The molecule has 0 radical (unpaired) electrons. The number of rotatable bonds is 6. The fourth-order valence-electron chi connectivity index (χ4n) is 3.65. The second-order valence-electron chi connectivity index (χ2n) is 7.87. The Morgan fingerprint density at radius 1 is 1.27 bits per heavy atom. The number of carbonyl (C=O) groups is 1. The van der Waals surface area contributed by atoms with Crippen molar-refractivity contribution < 1.29 is 22.7 Å². The summed E-state index contributed by atoms with van der Waals surface area (Å²) >= 11 is 1.37. The summed E-state index contributed by atoms with van der Waals surface area (Å²) in [7, 11) is 0. The van der Waals surface area contributed by atoms with Crippen LogP contribution in [0.3, 0.4) is 0 Å². The highest BCUT2D eigenvalue weighted by Crippen LogP contribution is 2.31. The van der Waals surface area contributed by atoms with E-state index >= 15 is 0 Å². The van der Waals surface area contributed by atoms with Crippen LogP contribution < -0.4 is 5.32 Å². The molecule has 1 aromatic carbocycles. The maximum atomic E-state index is 12.7. The molecule has 1 N–H and O–H groups in total. The van der Waals surface area contributed by atoms with Crippen LogP contribution in [0.15, 0.2) is 29.6 Å². The molecule has 164 valence electrons. The molecule has 3 atom stereocenters. The van der Waals surface area contributed by atoms with E-state index in [-0.39, 0.29) is 30.5 Å². The van der Waals surface area contributed by atoms with Gasteiger partial charge in [-0.3, -0.25) is 9.69 Å². The molecule has 0 saturated carbocycles. The van der Waals surface area contributed by atoms with Gasteiger partial charge < -0.3 is 10.1 Å². The largest absolute Gasteiger partial charge is 0.416 e. The number of halogens is 3. The first-order chi connectivity index (χ1) is 14.1. The molecule has 1 saturated heterocycles. The van der Waals surface area contributed by atoms with Gasteiger partial charge in [-0.15, -0.1) is 11.3 Å². The van der Waals surface area contributed by atoms with Crippen molar-refractivity contribution in [3.05, 3.63) is 46.5 Å². The molecule has 1 aliphatic heterocycles. The Bertz CT molecular complexity index is 844. The molecule has 2 aromatic rings. The minimum absolute atomic E-state index is 0.165. The molecule has 0 spiro atoms. The first-order valence-corrected chi connectivity index (χ1v) is 10.8. The Kier molecular flexibility index (Phi) is 7.15. The molecular formula is C21H26F3N3O2S. The quantitative estimate of drug-likeness (QED) is 0.693. The zero-order chi connectivity index (χ0) is 21.9. The zero-order valence-corrected chi connectivity index (χ0v) is 18.0. The molecule has 1 fully saturated rings. The number of hydrogen-bond donors (Lipinski definition) is 1. The van der Waals surface area contributed by atoms with Gasteiger partial charge in [0, 0.05) is 31.4 Å². The highest BCUT2D eigenvalue weighted by molar-refractivity contribution is 7.13. The van der Waals surface area contributed by atoms with Crippen molar-refractivity contribution in [3.63, 3.8) is 0 Å². The molecule has 1 aromatic heterocycles. The van der Waals surface area contributed by atoms with Gasteiger partial charge in [-0.05, 0) is 37.5 Å². The van der Waals surface area contributed by atoms with E-state index in [1.165, 1.54) is 23.5 Å². The standard InChI is InChI=1S/C21H26F3N3O2S/c1-13(16-4-6-17(7-5-16)21(22,23)24)8-19(28)26-20-25-18(12-30-20)11-27-9-14(2)29-15(3)10-27/h4-7,12-15H,8-11H2,1-3H3,(H,25,26,28). The Morgan fingerprint density at radius 3 is 2.50 bits per heavy atom. The molecule has 2 heterocycles. The molecule has 5 nitrogen and oxygen atoms in total. The van der Waals surface area contributed by atoms with Crippen molar-refractivity contribution in [1.82, 2.24) is 9.88 Å². The Morgan fingerprint density at radius 2 is 1.90 bits per heavy atom. The fraction of sp³-hybridized carbons (Fsp3) is 0.524. The minimum Gasteiger partial charge on any atom is -0.373 e. The van der Waals surface area contributed by atoms with Gasteiger partial charge in [0.15, 0.2) is 5.13 Å². The number of morpholine rings is 1. The van der Waals surface area contributed by atoms with Crippen LogP contribution in [0.25, 0.3) is 0 Å². The van der Waals surface area contributed by atoms with Crippen LogP contribution in [-0.4, -0.2) is 41.1 Å². The van der Waals surface area contributed by atoms with Crippen LogP contribution in [0.5, 0.6) is 0 Å². The number of benzene rings is 1. The SMILES string of the molecule is CC1CN(Cc2csc(NC(=O)CC(C)c3ccc(C(F)(F)F)cc3)n2)CC(C)O1. The lowest BCUT2D eigenvalue weighted by Gasteiger charge is -2.34. The summed E-state index contributed by atoms with van der Waals surface area (Å²) in [6.45, 7) is 8.30. The molecule has 1 amide bonds. The molecule has 3 rings (SSSR count). The van der Waals surface area contributed by atoms with E-state index in [0.29, 0.717) is 17.2 Å². The average molecular weight is 442 g/mol. The molecule has 30 heavy (non-hydrogen) atoms. The lowest BCUT2D eigenvalue weighted by atomic mass is 9.96. The monoisotopic (exact) mass is 441 g/mol. The Labute approximate surface area is 178 Å². The van der Waals surface area contributed by atoms with Crippen LogP contribution in [0.4, 0.5) is 18.3 Å². The van der Waals surface area contributed by atoms with E-state index in [1.54, 1.807) is 0 Å². The normalized spacial score (nSPS) is 21.4. The Balaban J connectivity index is 1.51. The topological polar surface area (TPSA) is 54.5 Å². The minimum atomic E-state index is -4.36. The van der Waals surface area contributed by atoms with Crippen LogP contribution in [-0.2, 0) is 22.3 Å². The number of carbonyl (C=O) groups excluding carboxylic acids is 1. The van der Waals surface area contributed by atoms with Gasteiger partial charge in [0.25, 0.3) is 0 Å². The van der Waals surface area contributed by atoms with Gasteiger partial charge in [0.1, 0.15) is 0 Å². The second kappa shape index (κ2) is 9.45. The first-order valence-electron chi connectivity index (χ1n) is 9.89. The maximum Gasteiger partial charge on any atom is 0.416 e. The van der Waals surface area contributed by atoms with E-state index < -0.39 is 11.7 Å². The van der Waals surface area contributed by atoms with Crippen molar-refractivity contribution in [3.8, 4) is 0 Å². The summed E-state index contributed by atoms with van der Waals surface area (Å²) in [5, 5.41) is 5.26. The van der Waals surface area contributed by atoms with Crippen molar-refractivity contribution in [1.29, 1.82) is 0 Å². The number of nitrogens with one attached hydrogen (secondary N) is 1. The first kappa shape index (κ1) is 22.7. The van der Waals surface area contributed by atoms with Crippen molar-refractivity contribution >= 4 is 22.4 Å². The fourth-order valence-corrected chi connectivity index (χ4v) is 4.36. The molecule has 0 aliphatic carbocycles. The molecule has 0 bridgehead atoms. The summed E-state index contributed by atoms with van der Waals surface area (Å²) in [5.41, 5.74) is 0.892. The third kappa shape index (κ3) is 6.26. The number of anilines is 1. The number of ether oxygens (including phenoxy) is 1. The average Bonchev–Trinajstić information content (AvgIpc) is 3.06.